The van der Waals surface area contributed by atoms with Gasteiger partial charge in [-0.15, -0.1) is 0 Å². The van der Waals surface area contributed by atoms with E-state index in [4.69, 9.17) is 11.6 Å². The van der Waals surface area contributed by atoms with Crippen LogP contribution in [-0.4, -0.2) is 42.2 Å². The van der Waals surface area contributed by atoms with E-state index in [2.05, 4.69) is 5.32 Å². The van der Waals surface area contributed by atoms with E-state index >= 15 is 0 Å². The van der Waals surface area contributed by atoms with Crippen molar-refractivity contribution in [1.82, 2.24) is 4.90 Å². The van der Waals surface area contributed by atoms with Crippen LogP contribution in [0.2, 0.25) is 5.02 Å². The Labute approximate surface area is 132 Å². The zero-order valence-electron chi connectivity index (χ0n) is 13.4. The van der Waals surface area contributed by atoms with E-state index in [0.717, 1.165) is 5.56 Å². The van der Waals surface area contributed by atoms with Crippen LogP contribution in [0.25, 0.3) is 0 Å². The SMILES string of the molecule is Cc1cccc(Cl)c1NC(=O)CN(C)C(CO)C(C)(C)C. The summed E-state index contributed by atoms with van der Waals surface area (Å²) < 4.78 is 0. The predicted octanol–water partition coefficient (Wildman–Crippen LogP) is 2.93. The van der Waals surface area contributed by atoms with Crippen LogP contribution in [-0.2, 0) is 4.79 Å². The van der Waals surface area contributed by atoms with Crippen molar-refractivity contribution in [2.75, 3.05) is 25.5 Å². The number of likely N-dealkylation sites (N-methyl/N-ethyl adjacent to an activating group) is 1. The largest absolute Gasteiger partial charge is 0.395 e. The summed E-state index contributed by atoms with van der Waals surface area (Å²) in [6.07, 6.45) is 0. The molecule has 1 rings (SSSR count). The summed E-state index contributed by atoms with van der Waals surface area (Å²) in [5, 5.41) is 12.9. The maximum absolute atomic E-state index is 12.2. The molecule has 0 spiro atoms. The molecule has 1 unspecified atom stereocenters. The fourth-order valence-corrected chi connectivity index (χ4v) is 2.65. The Morgan fingerprint density at radius 2 is 2.05 bits per heavy atom. The molecule has 0 bridgehead atoms. The summed E-state index contributed by atoms with van der Waals surface area (Å²) in [5.74, 6) is -0.142. The highest BCUT2D eigenvalue weighted by molar-refractivity contribution is 6.33. The van der Waals surface area contributed by atoms with E-state index in [9.17, 15) is 9.90 Å². The number of hydrogen-bond donors (Lipinski definition) is 2. The number of carbonyl (C=O) groups excluding carboxylic acids is 1. The van der Waals surface area contributed by atoms with Gasteiger partial charge in [-0.2, -0.15) is 0 Å². The van der Waals surface area contributed by atoms with Crippen LogP contribution in [0.4, 0.5) is 5.69 Å². The molecule has 5 heteroatoms. The van der Waals surface area contributed by atoms with Gasteiger partial charge in [-0.05, 0) is 31.0 Å². The lowest BCUT2D eigenvalue weighted by Crippen LogP contribution is -2.47. The maximum Gasteiger partial charge on any atom is 0.238 e. The average Bonchev–Trinajstić information content (AvgIpc) is 2.33. The van der Waals surface area contributed by atoms with Crippen LogP contribution < -0.4 is 5.32 Å². The summed E-state index contributed by atoms with van der Waals surface area (Å²) in [6.45, 7) is 8.24. The Hall–Kier alpha value is -1.10. The number of aliphatic hydroxyl groups excluding tert-OH is 1. The standard InChI is InChI=1S/C16H25ClN2O2/c1-11-7-6-8-12(17)15(11)18-14(21)9-19(5)13(10-20)16(2,3)4/h6-8,13,20H,9-10H2,1-5H3,(H,18,21). The van der Waals surface area contributed by atoms with Gasteiger partial charge in [-0.1, -0.05) is 44.5 Å². The van der Waals surface area contributed by atoms with Gasteiger partial charge in [-0.3, -0.25) is 9.69 Å². The Morgan fingerprint density at radius 3 is 2.52 bits per heavy atom. The van der Waals surface area contributed by atoms with Crippen LogP contribution in [0.5, 0.6) is 0 Å². The Morgan fingerprint density at radius 1 is 1.43 bits per heavy atom. The quantitative estimate of drug-likeness (QED) is 0.879. The number of rotatable bonds is 5. The molecule has 0 saturated carbocycles. The average molecular weight is 313 g/mol. The molecule has 0 aliphatic rings. The van der Waals surface area contributed by atoms with Gasteiger partial charge < -0.3 is 10.4 Å². The van der Waals surface area contributed by atoms with E-state index in [1.807, 2.05) is 51.8 Å². The summed E-state index contributed by atoms with van der Waals surface area (Å²) in [6, 6.07) is 5.41. The van der Waals surface area contributed by atoms with Crippen LogP contribution in [0, 0.1) is 12.3 Å². The van der Waals surface area contributed by atoms with Crippen molar-refractivity contribution in [3.05, 3.63) is 28.8 Å². The van der Waals surface area contributed by atoms with Gasteiger partial charge in [0, 0.05) is 6.04 Å². The van der Waals surface area contributed by atoms with Gasteiger partial charge in [0.25, 0.3) is 0 Å². The minimum atomic E-state index is -0.142. The highest BCUT2D eigenvalue weighted by Crippen LogP contribution is 2.26. The Bertz CT molecular complexity index is 477. The number of carbonyl (C=O) groups is 1. The molecule has 1 aromatic rings. The second-order valence-electron chi connectivity index (χ2n) is 6.46. The molecule has 0 aromatic heterocycles. The normalized spacial score (nSPS) is 13.3. The molecule has 0 aliphatic heterocycles. The Balaban J connectivity index is 2.74. The van der Waals surface area contributed by atoms with Gasteiger partial charge in [-0.25, -0.2) is 0 Å². The molecular formula is C16H25ClN2O2. The zero-order chi connectivity index (χ0) is 16.2. The lowest BCUT2D eigenvalue weighted by molar-refractivity contribution is -0.118. The lowest BCUT2D eigenvalue weighted by atomic mass is 9.86. The van der Waals surface area contributed by atoms with Crippen molar-refractivity contribution in [3.63, 3.8) is 0 Å². The molecule has 4 nitrogen and oxygen atoms in total. The van der Waals surface area contributed by atoms with Gasteiger partial charge in [0.1, 0.15) is 0 Å². The van der Waals surface area contributed by atoms with Crippen molar-refractivity contribution in [1.29, 1.82) is 0 Å². The fraction of sp³-hybridized carbons (Fsp3) is 0.562. The number of aliphatic hydroxyl groups is 1. The number of para-hydroxylation sites is 1. The summed E-state index contributed by atoms with van der Waals surface area (Å²) >= 11 is 6.10. The van der Waals surface area contributed by atoms with Crippen molar-refractivity contribution in [3.8, 4) is 0 Å². The first-order valence-corrected chi connectivity index (χ1v) is 7.40. The van der Waals surface area contributed by atoms with Crippen LogP contribution in [0.15, 0.2) is 18.2 Å². The highest BCUT2D eigenvalue weighted by Gasteiger charge is 2.28. The van der Waals surface area contributed by atoms with Gasteiger partial charge in [0.2, 0.25) is 5.91 Å². The van der Waals surface area contributed by atoms with Gasteiger partial charge in [0.15, 0.2) is 0 Å². The molecule has 0 heterocycles. The molecular weight excluding hydrogens is 288 g/mol. The van der Waals surface area contributed by atoms with E-state index in [1.165, 1.54) is 0 Å². The number of nitrogens with zero attached hydrogens (tertiary/aromatic N) is 1. The minimum absolute atomic E-state index is 0.0123. The molecule has 118 valence electrons. The van der Waals surface area contributed by atoms with Crippen molar-refractivity contribution >= 4 is 23.2 Å². The maximum atomic E-state index is 12.2. The molecule has 1 aromatic carbocycles. The Kier molecular flexibility index (Phi) is 6.20. The first-order valence-electron chi connectivity index (χ1n) is 7.03. The molecule has 1 atom stereocenters. The number of anilines is 1. The van der Waals surface area contributed by atoms with E-state index in [-0.39, 0.29) is 30.5 Å². The first kappa shape index (κ1) is 18.0. The van der Waals surface area contributed by atoms with Crippen molar-refractivity contribution < 1.29 is 9.90 Å². The third kappa shape index (κ3) is 4.99. The number of nitrogens with one attached hydrogen (secondary N) is 1. The summed E-state index contributed by atoms with van der Waals surface area (Å²) in [7, 11) is 1.84. The molecule has 2 N–H and O–H groups in total. The van der Waals surface area contributed by atoms with Crippen LogP contribution in [0.3, 0.4) is 0 Å². The van der Waals surface area contributed by atoms with Crippen molar-refractivity contribution in [2.45, 2.75) is 33.7 Å². The topological polar surface area (TPSA) is 52.6 Å². The molecule has 0 fully saturated rings. The van der Waals surface area contributed by atoms with E-state index < -0.39 is 0 Å². The molecule has 0 saturated heterocycles. The van der Waals surface area contributed by atoms with Gasteiger partial charge in [0.05, 0.1) is 23.9 Å². The highest BCUT2D eigenvalue weighted by atomic mass is 35.5. The van der Waals surface area contributed by atoms with Crippen LogP contribution in [0.1, 0.15) is 26.3 Å². The van der Waals surface area contributed by atoms with Crippen molar-refractivity contribution in [2.24, 2.45) is 5.41 Å². The monoisotopic (exact) mass is 312 g/mol. The smallest absolute Gasteiger partial charge is 0.238 e. The second kappa shape index (κ2) is 7.25. The molecule has 1 amide bonds. The number of amides is 1. The summed E-state index contributed by atoms with van der Waals surface area (Å²) in [5.41, 5.74) is 1.46. The zero-order valence-corrected chi connectivity index (χ0v) is 14.2. The third-order valence-corrected chi connectivity index (χ3v) is 3.90. The number of aryl methyl sites for hydroxylation is 1. The lowest BCUT2D eigenvalue weighted by Gasteiger charge is -2.36. The number of hydrogen-bond acceptors (Lipinski definition) is 3. The number of halogens is 1. The van der Waals surface area contributed by atoms with E-state index in [1.54, 1.807) is 6.07 Å². The first-order chi connectivity index (χ1) is 9.66. The third-order valence-electron chi connectivity index (χ3n) is 3.58. The second-order valence-corrected chi connectivity index (χ2v) is 6.87. The summed E-state index contributed by atoms with van der Waals surface area (Å²) in [4.78, 5) is 14.0. The molecule has 21 heavy (non-hydrogen) atoms. The number of benzene rings is 1. The van der Waals surface area contributed by atoms with Gasteiger partial charge >= 0.3 is 0 Å². The molecule has 0 aliphatic carbocycles. The predicted molar refractivity (Wildman–Crippen MR) is 87.8 cm³/mol. The van der Waals surface area contributed by atoms with E-state index in [0.29, 0.717) is 10.7 Å². The molecule has 0 radical (unpaired) electrons. The fourth-order valence-electron chi connectivity index (χ4n) is 2.38. The minimum Gasteiger partial charge on any atom is -0.395 e. The van der Waals surface area contributed by atoms with Crippen LogP contribution >= 0.6 is 11.6 Å².